The van der Waals surface area contributed by atoms with Crippen molar-refractivity contribution in [3.05, 3.63) is 42.5 Å². The lowest BCUT2D eigenvalue weighted by molar-refractivity contribution is 0.293. The van der Waals surface area contributed by atoms with E-state index >= 15 is 0 Å². The van der Waals surface area contributed by atoms with Crippen LogP contribution in [0.2, 0.25) is 0 Å². The van der Waals surface area contributed by atoms with Crippen LogP contribution >= 0.6 is 0 Å². The van der Waals surface area contributed by atoms with E-state index in [2.05, 4.69) is 20.3 Å². The summed E-state index contributed by atoms with van der Waals surface area (Å²) < 4.78 is 5.50. The van der Waals surface area contributed by atoms with E-state index in [4.69, 9.17) is 4.74 Å². The van der Waals surface area contributed by atoms with Crippen LogP contribution in [0.15, 0.2) is 36.9 Å². The van der Waals surface area contributed by atoms with Gasteiger partial charge in [-0.15, -0.1) is 0 Å². The highest BCUT2D eigenvalue weighted by atomic mass is 16.5. The SMILES string of the molecule is CNc1cc(OCc2cccnc2)ncn1. The van der Waals surface area contributed by atoms with E-state index in [1.807, 2.05) is 12.1 Å². The van der Waals surface area contributed by atoms with Gasteiger partial charge >= 0.3 is 0 Å². The zero-order valence-corrected chi connectivity index (χ0v) is 8.92. The fraction of sp³-hybridized carbons (Fsp3) is 0.182. The van der Waals surface area contributed by atoms with Gasteiger partial charge in [0.2, 0.25) is 5.88 Å². The Morgan fingerprint density at radius 1 is 1.38 bits per heavy atom. The van der Waals surface area contributed by atoms with Crippen molar-refractivity contribution in [3.8, 4) is 5.88 Å². The number of nitrogens with zero attached hydrogens (tertiary/aromatic N) is 3. The number of anilines is 1. The summed E-state index contributed by atoms with van der Waals surface area (Å²) in [7, 11) is 1.80. The maximum absolute atomic E-state index is 5.50. The summed E-state index contributed by atoms with van der Waals surface area (Å²) >= 11 is 0. The first-order valence-corrected chi connectivity index (χ1v) is 4.90. The fourth-order valence-corrected chi connectivity index (χ4v) is 1.20. The molecule has 5 heteroatoms. The smallest absolute Gasteiger partial charge is 0.218 e. The van der Waals surface area contributed by atoms with E-state index in [1.165, 1.54) is 6.33 Å². The van der Waals surface area contributed by atoms with Crippen molar-refractivity contribution in [3.63, 3.8) is 0 Å². The molecule has 0 aliphatic heterocycles. The molecule has 0 bridgehead atoms. The normalized spacial score (nSPS) is 9.81. The largest absolute Gasteiger partial charge is 0.473 e. The number of pyridine rings is 1. The Kier molecular flexibility index (Phi) is 3.28. The van der Waals surface area contributed by atoms with E-state index in [0.717, 1.165) is 11.4 Å². The summed E-state index contributed by atoms with van der Waals surface area (Å²) in [6.07, 6.45) is 4.96. The van der Waals surface area contributed by atoms with Crippen molar-refractivity contribution in [1.82, 2.24) is 15.0 Å². The molecule has 0 aromatic carbocycles. The molecule has 0 saturated carbocycles. The summed E-state index contributed by atoms with van der Waals surface area (Å²) in [5.41, 5.74) is 1.01. The van der Waals surface area contributed by atoms with Crippen LogP contribution < -0.4 is 10.1 Å². The average Bonchev–Trinajstić information content (AvgIpc) is 2.38. The number of rotatable bonds is 4. The Balaban J connectivity index is 1.99. The van der Waals surface area contributed by atoms with Crippen LogP contribution in [-0.4, -0.2) is 22.0 Å². The molecule has 0 unspecified atom stereocenters. The van der Waals surface area contributed by atoms with E-state index in [1.54, 1.807) is 25.5 Å². The van der Waals surface area contributed by atoms with E-state index in [9.17, 15) is 0 Å². The fourth-order valence-electron chi connectivity index (χ4n) is 1.20. The lowest BCUT2D eigenvalue weighted by atomic mass is 10.3. The molecule has 2 rings (SSSR count). The second-order valence-electron chi connectivity index (χ2n) is 3.14. The third kappa shape index (κ3) is 2.66. The molecule has 0 fully saturated rings. The van der Waals surface area contributed by atoms with Crippen molar-refractivity contribution < 1.29 is 4.74 Å². The molecule has 16 heavy (non-hydrogen) atoms. The van der Waals surface area contributed by atoms with Crippen LogP contribution in [0.1, 0.15) is 5.56 Å². The first-order valence-electron chi connectivity index (χ1n) is 4.90. The molecule has 0 amide bonds. The number of hydrogen-bond donors (Lipinski definition) is 1. The first kappa shape index (κ1) is 10.4. The Hall–Kier alpha value is -2.17. The molecule has 5 nitrogen and oxygen atoms in total. The second kappa shape index (κ2) is 5.06. The molecule has 0 aliphatic carbocycles. The van der Waals surface area contributed by atoms with Gasteiger partial charge in [-0.2, -0.15) is 0 Å². The number of aromatic nitrogens is 3. The molecular formula is C11H12N4O. The Morgan fingerprint density at radius 3 is 3.06 bits per heavy atom. The van der Waals surface area contributed by atoms with Crippen LogP contribution in [0, 0.1) is 0 Å². The quantitative estimate of drug-likeness (QED) is 0.839. The molecule has 2 aromatic heterocycles. The molecule has 1 N–H and O–H groups in total. The zero-order chi connectivity index (χ0) is 11.2. The minimum absolute atomic E-state index is 0.452. The van der Waals surface area contributed by atoms with Gasteiger partial charge in [0.1, 0.15) is 18.8 Å². The highest BCUT2D eigenvalue weighted by Gasteiger charge is 1.98. The monoisotopic (exact) mass is 216 g/mol. The summed E-state index contributed by atoms with van der Waals surface area (Å²) in [5.74, 6) is 1.28. The van der Waals surface area contributed by atoms with Crippen molar-refractivity contribution in [2.45, 2.75) is 6.61 Å². The van der Waals surface area contributed by atoms with Gasteiger partial charge in [0.15, 0.2) is 0 Å². The number of hydrogen-bond acceptors (Lipinski definition) is 5. The zero-order valence-electron chi connectivity index (χ0n) is 8.92. The van der Waals surface area contributed by atoms with Crippen LogP contribution in [-0.2, 0) is 6.61 Å². The molecule has 0 radical (unpaired) electrons. The lowest BCUT2D eigenvalue weighted by Crippen LogP contribution is -1.99. The van der Waals surface area contributed by atoms with Crippen molar-refractivity contribution >= 4 is 5.82 Å². The minimum atomic E-state index is 0.452. The molecule has 0 aliphatic rings. The molecular weight excluding hydrogens is 204 g/mol. The van der Waals surface area contributed by atoms with Gasteiger partial charge in [0, 0.05) is 31.1 Å². The average molecular weight is 216 g/mol. The van der Waals surface area contributed by atoms with Gasteiger partial charge in [-0.05, 0) is 6.07 Å². The van der Waals surface area contributed by atoms with Gasteiger partial charge in [0.25, 0.3) is 0 Å². The Bertz CT molecular complexity index is 447. The second-order valence-corrected chi connectivity index (χ2v) is 3.14. The van der Waals surface area contributed by atoms with Crippen molar-refractivity contribution in [2.24, 2.45) is 0 Å². The highest BCUT2D eigenvalue weighted by Crippen LogP contribution is 2.11. The molecule has 0 saturated heterocycles. The summed E-state index contributed by atoms with van der Waals surface area (Å²) in [6, 6.07) is 5.57. The summed E-state index contributed by atoms with van der Waals surface area (Å²) in [5, 5.41) is 2.92. The molecule has 2 aromatic rings. The molecule has 0 atom stereocenters. The van der Waals surface area contributed by atoms with E-state index in [-0.39, 0.29) is 0 Å². The van der Waals surface area contributed by atoms with Crippen molar-refractivity contribution in [1.29, 1.82) is 0 Å². The predicted octanol–water partition coefficient (Wildman–Crippen LogP) is 1.49. The molecule has 2 heterocycles. The maximum Gasteiger partial charge on any atom is 0.218 e. The summed E-state index contributed by atoms with van der Waals surface area (Å²) in [6.45, 7) is 0.452. The standard InChI is InChI=1S/C11H12N4O/c1-12-10-5-11(15-8-14-10)16-7-9-3-2-4-13-6-9/h2-6,8H,7H2,1H3,(H,12,14,15). The Labute approximate surface area is 93.5 Å². The first-order chi connectivity index (χ1) is 7.88. The number of nitrogens with one attached hydrogen (secondary N) is 1. The predicted molar refractivity (Wildman–Crippen MR) is 60.1 cm³/mol. The maximum atomic E-state index is 5.50. The summed E-state index contributed by atoms with van der Waals surface area (Å²) in [4.78, 5) is 12.0. The van der Waals surface area contributed by atoms with Crippen LogP contribution in [0.4, 0.5) is 5.82 Å². The van der Waals surface area contributed by atoms with Gasteiger partial charge in [-0.3, -0.25) is 4.98 Å². The molecule has 82 valence electrons. The van der Waals surface area contributed by atoms with Gasteiger partial charge in [-0.25, -0.2) is 9.97 Å². The minimum Gasteiger partial charge on any atom is -0.473 e. The van der Waals surface area contributed by atoms with E-state index < -0.39 is 0 Å². The van der Waals surface area contributed by atoms with Crippen molar-refractivity contribution in [2.75, 3.05) is 12.4 Å². The van der Waals surface area contributed by atoms with Crippen LogP contribution in [0.3, 0.4) is 0 Å². The molecule has 0 spiro atoms. The highest BCUT2D eigenvalue weighted by molar-refractivity contribution is 5.36. The topological polar surface area (TPSA) is 59.9 Å². The van der Waals surface area contributed by atoms with Crippen LogP contribution in [0.25, 0.3) is 0 Å². The van der Waals surface area contributed by atoms with Gasteiger partial charge in [0.05, 0.1) is 0 Å². The van der Waals surface area contributed by atoms with Gasteiger partial charge < -0.3 is 10.1 Å². The third-order valence-electron chi connectivity index (χ3n) is 2.01. The number of ether oxygens (including phenoxy) is 1. The Morgan fingerprint density at radius 2 is 2.31 bits per heavy atom. The third-order valence-corrected chi connectivity index (χ3v) is 2.01. The van der Waals surface area contributed by atoms with Gasteiger partial charge in [-0.1, -0.05) is 6.07 Å². The van der Waals surface area contributed by atoms with E-state index in [0.29, 0.717) is 12.5 Å². The lowest BCUT2D eigenvalue weighted by Gasteiger charge is -2.05. The van der Waals surface area contributed by atoms with Crippen LogP contribution in [0.5, 0.6) is 5.88 Å².